The lowest BCUT2D eigenvalue weighted by Crippen LogP contribution is -2.47. The highest BCUT2D eigenvalue weighted by atomic mass is 32.2. The molecule has 2 rings (SSSR count). The van der Waals surface area contributed by atoms with E-state index in [-0.39, 0.29) is 11.9 Å². The van der Waals surface area contributed by atoms with E-state index in [1.807, 2.05) is 13.0 Å². The van der Waals surface area contributed by atoms with Gasteiger partial charge in [0.25, 0.3) is 0 Å². The van der Waals surface area contributed by atoms with Gasteiger partial charge in [-0.05, 0) is 37.8 Å². The Morgan fingerprint density at radius 1 is 1.33 bits per heavy atom. The summed E-state index contributed by atoms with van der Waals surface area (Å²) in [5.74, 6) is -0.168. The molecule has 0 saturated carbocycles. The highest BCUT2D eigenvalue weighted by molar-refractivity contribution is 7.88. The lowest BCUT2D eigenvalue weighted by atomic mass is 10.0. The first-order valence-electron chi connectivity index (χ1n) is 7.31. The van der Waals surface area contributed by atoms with Gasteiger partial charge in [-0.25, -0.2) is 17.1 Å². The summed E-state index contributed by atoms with van der Waals surface area (Å²) in [7, 11) is -3.08. The monoisotopic (exact) mass is 314 g/mol. The molecule has 0 radical (unpaired) electrons. The van der Waals surface area contributed by atoms with Crippen LogP contribution in [0.4, 0.5) is 4.39 Å². The van der Waals surface area contributed by atoms with Gasteiger partial charge >= 0.3 is 0 Å². The molecule has 1 saturated heterocycles. The smallest absolute Gasteiger partial charge is 0.211 e. The number of benzene rings is 1. The molecule has 1 heterocycles. The van der Waals surface area contributed by atoms with Gasteiger partial charge in [-0.15, -0.1) is 0 Å². The van der Waals surface area contributed by atoms with Crippen molar-refractivity contribution < 1.29 is 12.8 Å². The fraction of sp³-hybridized carbons (Fsp3) is 0.600. The maximum Gasteiger partial charge on any atom is 0.211 e. The van der Waals surface area contributed by atoms with Gasteiger partial charge in [0.15, 0.2) is 0 Å². The molecular weight excluding hydrogens is 291 g/mol. The molecule has 1 aliphatic rings. The molecule has 0 aromatic heterocycles. The van der Waals surface area contributed by atoms with E-state index in [0.717, 1.165) is 12.8 Å². The molecule has 1 unspecified atom stereocenters. The molecule has 0 aliphatic carbocycles. The summed E-state index contributed by atoms with van der Waals surface area (Å²) in [6.07, 6.45) is 3.49. The van der Waals surface area contributed by atoms with E-state index in [9.17, 15) is 12.8 Å². The van der Waals surface area contributed by atoms with E-state index in [0.29, 0.717) is 31.1 Å². The second kappa shape index (κ2) is 6.85. The Hall–Kier alpha value is -0.980. The van der Waals surface area contributed by atoms with Crippen molar-refractivity contribution in [2.75, 3.05) is 19.3 Å². The van der Waals surface area contributed by atoms with Gasteiger partial charge in [-0.1, -0.05) is 18.2 Å². The van der Waals surface area contributed by atoms with Gasteiger partial charge in [0.05, 0.1) is 6.26 Å². The number of hydrogen-bond acceptors (Lipinski definition) is 3. The lowest BCUT2D eigenvalue weighted by Gasteiger charge is -2.32. The molecular formula is C15H23FN2O2S. The minimum atomic E-state index is -3.08. The van der Waals surface area contributed by atoms with Crippen LogP contribution in [0, 0.1) is 5.82 Å². The zero-order chi connectivity index (χ0) is 15.5. The standard InChI is InChI=1S/C15H23FN2O2S/c1-12(11-13-5-3-4-6-15(13)16)17-14-7-9-18(10-8-14)21(2,19)20/h3-6,12,14,17H,7-11H2,1-2H3. The van der Waals surface area contributed by atoms with Crippen molar-refractivity contribution in [2.24, 2.45) is 0 Å². The zero-order valence-corrected chi connectivity index (χ0v) is 13.4. The summed E-state index contributed by atoms with van der Waals surface area (Å²) in [5.41, 5.74) is 0.714. The van der Waals surface area contributed by atoms with Crippen LogP contribution in [-0.4, -0.2) is 44.2 Å². The predicted octanol–water partition coefficient (Wildman–Crippen LogP) is 1.77. The Balaban J connectivity index is 1.82. The van der Waals surface area contributed by atoms with Gasteiger partial charge in [0, 0.05) is 25.2 Å². The topological polar surface area (TPSA) is 49.4 Å². The number of piperidine rings is 1. The highest BCUT2D eigenvalue weighted by Crippen LogP contribution is 2.15. The molecule has 0 spiro atoms. The molecule has 21 heavy (non-hydrogen) atoms. The Morgan fingerprint density at radius 2 is 1.95 bits per heavy atom. The molecule has 1 atom stereocenters. The van der Waals surface area contributed by atoms with Crippen molar-refractivity contribution in [3.63, 3.8) is 0 Å². The maximum atomic E-state index is 13.6. The molecule has 4 nitrogen and oxygen atoms in total. The largest absolute Gasteiger partial charge is 0.311 e. The molecule has 0 bridgehead atoms. The second-order valence-corrected chi connectivity index (χ2v) is 7.78. The van der Waals surface area contributed by atoms with E-state index in [2.05, 4.69) is 5.32 Å². The maximum absolute atomic E-state index is 13.6. The number of sulfonamides is 1. The summed E-state index contributed by atoms with van der Waals surface area (Å²) in [6.45, 7) is 3.15. The number of halogens is 1. The molecule has 0 amide bonds. The third-order valence-electron chi connectivity index (χ3n) is 3.93. The Labute approximate surface area is 126 Å². The van der Waals surface area contributed by atoms with Gasteiger partial charge < -0.3 is 5.32 Å². The molecule has 1 N–H and O–H groups in total. The normalized spacial score (nSPS) is 19.6. The number of hydrogen-bond donors (Lipinski definition) is 1. The average molecular weight is 314 g/mol. The summed E-state index contributed by atoms with van der Waals surface area (Å²) >= 11 is 0. The number of nitrogens with zero attached hydrogens (tertiary/aromatic N) is 1. The van der Waals surface area contributed by atoms with Crippen LogP contribution in [0.5, 0.6) is 0 Å². The van der Waals surface area contributed by atoms with Gasteiger partial charge in [0.2, 0.25) is 10.0 Å². The van der Waals surface area contributed by atoms with Gasteiger partial charge in [-0.3, -0.25) is 0 Å². The van der Waals surface area contributed by atoms with E-state index >= 15 is 0 Å². The zero-order valence-electron chi connectivity index (χ0n) is 12.5. The number of nitrogens with one attached hydrogen (secondary N) is 1. The second-order valence-electron chi connectivity index (χ2n) is 5.80. The third-order valence-corrected chi connectivity index (χ3v) is 5.23. The summed E-state index contributed by atoms with van der Waals surface area (Å²) in [5, 5.41) is 3.48. The Kier molecular flexibility index (Phi) is 5.35. The predicted molar refractivity (Wildman–Crippen MR) is 82.1 cm³/mol. The first-order chi connectivity index (χ1) is 9.86. The summed E-state index contributed by atoms with van der Waals surface area (Å²) < 4.78 is 38.0. The number of rotatable bonds is 5. The fourth-order valence-corrected chi connectivity index (χ4v) is 3.68. The Morgan fingerprint density at radius 3 is 2.52 bits per heavy atom. The molecule has 1 fully saturated rings. The van der Waals surface area contributed by atoms with Crippen molar-refractivity contribution in [3.8, 4) is 0 Å². The van der Waals surface area contributed by atoms with E-state index in [1.165, 1.54) is 16.6 Å². The first kappa shape index (κ1) is 16.4. The van der Waals surface area contributed by atoms with Crippen LogP contribution in [0.3, 0.4) is 0 Å². The van der Waals surface area contributed by atoms with Crippen LogP contribution in [0.2, 0.25) is 0 Å². The molecule has 118 valence electrons. The summed E-state index contributed by atoms with van der Waals surface area (Å²) in [4.78, 5) is 0. The van der Waals surface area contributed by atoms with Crippen molar-refractivity contribution in [2.45, 2.75) is 38.3 Å². The first-order valence-corrected chi connectivity index (χ1v) is 9.15. The van der Waals surface area contributed by atoms with Crippen molar-refractivity contribution in [1.82, 2.24) is 9.62 Å². The molecule has 6 heteroatoms. The van der Waals surface area contributed by atoms with E-state index < -0.39 is 10.0 Å². The van der Waals surface area contributed by atoms with Gasteiger partial charge in [0.1, 0.15) is 5.82 Å². The van der Waals surface area contributed by atoms with Crippen LogP contribution in [0.1, 0.15) is 25.3 Å². The minimum Gasteiger partial charge on any atom is -0.311 e. The average Bonchev–Trinajstić information content (AvgIpc) is 2.41. The summed E-state index contributed by atoms with van der Waals surface area (Å²) in [6, 6.07) is 7.28. The molecule has 1 aromatic rings. The Bertz CT molecular complexity index is 569. The van der Waals surface area contributed by atoms with Crippen LogP contribution >= 0.6 is 0 Å². The minimum absolute atomic E-state index is 0.164. The van der Waals surface area contributed by atoms with Crippen LogP contribution in [0.15, 0.2) is 24.3 Å². The van der Waals surface area contributed by atoms with Crippen LogP contribution in [-0.2, 0) is 16.4 Å². The van der Waals surface area contributed by atoms with E-state index in [4.69, 9.17) is 0 Å². The molecule has 1 aliphatic heterocycles. The lowest BCUT2D eigenvalue weighted by molar-refractivity contribution is 0.276. The third kappa shape index (κ3) is 4.76. The van der Waals surface area contributed by atoms with Gasteiger partial charge in [-0.2, -0.15) is 0 Å². The highest BCUT2D eigenvalue weighted by Gasteiger charge is 2.25. The van der Waals surface area contributed by atoms with Crippen LogP contribution in [0.25, 0.3) is 0 Å². The van der Waals surface area contributed by atoms with Crippen LogP contribution < -0.4 is 5.32 Å². The van der Waals surface area contributed by atoms with Crippen molar-refractivity contribution in [3.05, 3.63) is 35.6 Å². The fourth-order valence-electron chi connectivity index (χ4n) is 2.81. The quantitative estimate of drug-likeness (QED) is 0.901. The van der Waals surface area contributed by atoms with E-state index in [1.54, 1.807) is 12.1 Å². The van der Waals surface area contributed by atoms with Crippen molar-refractivity contribution in [1.29, 1.82) is 0 Å². The van der Waals surface area contributed by atoms with Crippen molar-refractivity contribution >= 4 is 10.0 Å². The SMILES string of the molecule is CC(Cc1ccccc1F)NC1CCN(S(C)(=O)=O)CC1. The molecule has 1 aromatic carbocycles.